The third kappa shape index (κ3) is 2.01. The minimum absolute atomic E-state index is 0.353. The predicted molar refractivity (Wildman–Crippen MR) is 73.4 cm³/mol. The number of nitrogens with zero attached hydrogens (tertiary/aromatic N) is 1. The van der Waals surface area contributed by atoms with E-state index in [4.69, 9.17) is 5.11 Å². The summed E-state index contributed by atoms with van der Waals surface area (Å²) < 4.78 is 2.20. The molecule has 0 aliphatic heterocycles. The van der Waals surface area contributed by atoms with Gasteiger partial charge in [0.2, 0.25) is 0 Å². The number of fused-ring (bicyclic) bond motifs is 1. The fourth-order valence-corrected chi connectivity index (χ4v) is 2.30. The molecule has 3 nitrogen and oxygen atoms in total. The number of aromatic carboxylic acids is 1. The van der Waals surface area contributed by atoms with Gasteiger partial charge in [0, 0.05) is 23.1 Å². The Kier molecular flexibility index (Phi) is 3.16. The maximum Gasteiger partial charge on any atom is 0.335 e. The minimum atomic E-state index is -0.871. The van der Waals surface area contributed by atoms with E-state index in [0.717, 1.165) is 10.9 Å². The Morgan fingerprint density at radius 1 is 1.22 bits per heavy atom. The van der Waals surface area contributed by atoms with Crippen molar-refractivity contribution < 1.29 is 9.90 Å². The van der Waals surface area contributed by atoms with Gasteiger partial charge in [-0.25, -0.2) is 4.79 Å². The van der Waals surface area contributed by atoms with Crippen LogP contribution in [0.2, 0.25) is 0 Å². The van der Waals surface area contributed by atoms with E-state index in [1.165, 1.54) is 5.56 Å². The van der Waals surface area contributed by atoms with Crippen molar-refractivity contribution in [2.45, 2.75) is 39.7 Å². The summed E-state index contributed by atoms with van der Waals surface area (Å²) in [5.74, 6) is -0.486. The normalized spacial score (nSPS) is 11.7. The SMILES string of the molecule is CC(C)c1cn(C(C)C)c2ccc(C(=O)O)cc12. The first-order chi connectivity index (χ1) is 8.41. The van der Waals surface area contributed by atoms with Crippen LogP contribution in [0, 0.1) is 0 Å². The lowest BCUT2D eigenvalue weighted by Gasteiger charge is -2.08. The van der Waals surface area contributed by atoms with Gasteiger partial charge in [-0.3, -0.25) is 0 Å². The molecule has 0 radical (unpaired) electrons. The van der Waals surface area contributed by atoms with Gasteiger partial charge in [0.15, 0.2) is 0 Å². The van der Waals surface area contributed by atoms with Crippen LogP contribution in [0.4, 0.5) is 0 Å². The third-order valence-electron chi connectivity index (χ3n) is 3.29. The van der Waals surface area contributed by atoms with Crippen molar-refractivity contribution in [3.8, 4) is 0 Å². The van der Waals surface area contributed by atoms with E-state index >= 15 is 0 Å². The zero-order chi connectivity index (χ0) is 13.4. The summed E-state index contributed by atoms with van der Waals surface area (Å²) in [5, 5.41) is 10.1. The van der Waals surface area contributed by atoms with Crippen molar-refractivity contribution in [3.05, 3.63) is 35.5 Å². The lowest BCUT2D eigenvalue weighted by atomic mass is 10.0. The van der Waals surface area contributed by atoms with E-state index in [1.807, 2.05) is 6.07 Å². The second-order valence-corrected chi connectivity index (χ2v) is 5.28. The highest BCUT2D eigenvalue weighted by Gasteiger charge is 2.14. The average Bonchev–Trinajstić information content (AvgIpc) is 2.67. The van der Waals surface area contributed by atoms with Crippen molar-refractivity contribution in [3.63, 3.8) is 0 Å². The van der Waals surface area contributed by atoms with Gasteiger partial charge in [0.05, 0.1) is 5.56 Å². The lowest BCUT2D eigenvalue weighted by Crippen LogP contribution is -1.99. The number of rotatable bonds is 3. The zero-order valence-electron chi connectivity index (χ0n) is 11.3. The van der Waals surface area contributed by atoms with Crippen molar-refractivity contribution in [2.75, 3.05) is 0 Å². The monoisotopic (exact) mass is 245 g/mol. The van der Waals surface area contributed by atoms with E-state index < -0.39 is 5.97 Å². The Morgan fingerprint density at radius 2 is 1.89 bits per heavy atom. The fourth-order valence-electron chi connectivity index (χ4n) is 2.30. The Hall–Kier alpha value is -1.77. The molecule has 0 spiro atoms. The van der Waals surface area contributed by atoms with Gasteiger partial charge in [-0.1, -0.05) is 13.8 Å². The van der Waals surface area contributed by atoms with Crippen LogP contribution >= 0.6 is 0 Å². The molecule has 0 saturated carbocycles. The van der Waals surface area contributed by atoms with Gasteiger partial charge in [0.1, 0.15) is 0 Å². The number of benzene rings is 1. The summed E-state index contributed by atoms with van der Waals surface area (Å²) in [4.78, 5) is 11.1. The first-order valence-corrected chi connectivity index (χ1v) is 6.29. The van der Waals surface area contributed by atoms with Crippen LogP contribution in [0.25, 0.3) is 10.9 Å². The number of carboxylic acids is 1. The molecular formula is C15H19NO2. The molecule has 2 aromatic rings. The highest BCUT2D eigenvalue weighted by molar-refractivity contribution is 5.95. The van der Waals surface area contributed by atoms with Crippen LogP contribution in [0.15, 0.2) is 24.4 Å². The maximum absolute atomic E-state index is 11.1. The van der Waals surface area contributed by atoms with Gasteiger partial charge in [-0.2, -0.15) is 0 Å². The van der Waals surface area contributed by atoms with Gasteiger partial charge in [0.25, 0.3) is 0 Å². The molecule has 0 aliphatic rings. The number of aromatic nitrogens is 1. The minimum Gasteiger partial charge on any atom is -0.478 e. The van der Waals surface area contributed by atoms with E-state index in [-0.39, 0.29) is 0 Å². The summed E-state index contributed by atoms with van der Waals surface area (Å²) in [7, 11) is 0. The standard InChI is InChI=1S/C15H19NO2/c1-9(2)13-8-16(10(3)4)14-6-5-11(15(17)18)7-12(13)14/h5-10H,1-4H3,(H,17,18). The Balaban J connectivity index is 2.75. The third-order valence-corrected chi connectivity index (χ3v) is 3.29. The lowest BCUT2D eigenvalue weighted by molar-refractivity contribution is 0.0697. The molecule has 0 fully saturated rings. The summed E-state index contributed by atoms with van der Waals surface area (Å²) >= 11 is 0. The van der Waals surface area contributed by atoms with E-state index in [2.05, 4.69) is 38.5 Å². The average molecular weight is 245 g/mol. The summed E-state index contributed by atoms with van der Waals surface area (Å²) in [6, 6.07) is 5.74. The molecule has 0 bridgehead atoms. The fraction of sp³-hybridized carbons (Fsp3) is 0.400. The van der Waals surface area contributed by atoms with Gasteiger partial charge in [-0.05, 0) is 43.5 Å². The molecule has 1 N–H and O–H groups in total. The Labute approximate surface area is 107 Å². The first-order valence-electron chi connectivity index (χ1n) is 6.29. The van der Waals surface area contributed by atoms with E-state index in [9.17, 15) is 4.79 Å². The number of carboxylic acid groups (broad SMARTS) is 1. The van der Waals surface area contributed by atoms with E-state index in [1.54, 1.807) is 12.1 Å². The predicted octanol–water partition coefficient (Wildman–Crippen LogP) is 4.04. The molecule has 1 aromatic carbocycles. The molecule has 0 amide bonds. The van der Waals surface area contributed by atoms with Crippen LogP contribution in [0.3, 0.4) is 0 Å². The Morgan fingerprint density at radius 3 is 2.39 bits per heavy atom. The van der Waals surface area contributed by atoms with Crippen LogP contribution in [-0.2, 0) is 0 Å². The molecule has 3 heteroatoms. The molecule has 0 aliphatic carbocycles. The highest BCUT2D eigenvalue weighted by atomic mass is 16.4. The molecule has 1 aromatic heterocycles. The molecule has 1 heterocycles. The second-order valence-electron chi connectivity index (χ2n) is 5.28. The molecule has 0 unspecified atom stereocenters. The number of hydrogen-bond donors (Lipinski definition) is 1. The van der Waals surface area contributed by atoms with Crippen molar-refractivity contribution >= 4 is 16.9 Å². The molecular weight excluding hydrogens is 226 g/mol. The molecule has 0 atom stereocenters. The largest absolute Gasteiger partial charge is 0.478 e. The smallest absolute Gasteiger partial charge is 0.335 e. The molecule has 2 rings (SSSR count). The van der Waals surface area contributed by atoms with Crippen LogP contribution in [-0.4, -0.2) is 15.6 Å². The van der Waals surface area contributed by atoms with Crippen molar-refractivity contribution in [1.29, 1.82) is 0 Å². The number of hydrogen-bond acceptors (Lipinski definition) is 1. The zero-order valence-corrected chi connectivity index (χ0v) is 11.3. The topological polar surface area (TPSA) is 42.2 Å². The molecule has 96 valence electrons. The summed E-state index contributed by atoms with van der Waals surface area (Å²) in [6.45, 7) is 8.53. The van der Waals surface area contributed by atoms with Gasteiger partial charge >= 0.3 is 5.97 Å². The molecule has 18 heavy (non-hydrogen) atoms. The quantitative estimate of drug-likeness (QED) is 0.886. The van der Waals surface area contributed by atoms with Crippen molar-refractivity contribution in [2.24, 2.45) is 0 Å². The highest BCUT2D eigenvalue weighted by Crippen LogP contribution is 2.30. The van der Waals surface area contributed by atoms with Gasteiger partial charge in [-0.15, -0.1) is 0 Å². The van der Waals surface area contributed by atoms with Gasteiger partial charge < -0.3 is 9.67 Å². The van der Waals surface area contributed by atoms with Crippen LogP contribution < -0.4 is 0 Å². The van der Waals surface area contributed by atoms with Crippen LogP contribution in [0.1, 0.15) is 55.6 Å². The Bertz CT molecular complexity index is 594. The van der Waals surface area contributed by atoms with E-state index in [0.29, 0.717) is 17.5 Å². The first kappa shape index (κ1) is 12.7. The van der Waals surface area contributed by atoms with Crippen molar-refractivity contribution in [1.82, 2.24) is 4.57 Å². The summed E-state index contributed by atoms with van der Waals surface area (Å²) in [6.07, 6.45) is 2.14. The second kappa shape index (κ2) is 4.48. The number of carbonyl (C=O) groups is 1. The maximum atomic E-state index is 11.1. The molecule has 0 saturated heterocycles. The van der Waals surface area contributed by atoms with Crippen LogP contribution in [0.5, 0.6) is 0 Å². The summed E-state index contributed by atoms with van der Waals surface area (Å²) in [5.41, 5.74) is 2.67.